The molecule has 0 spiro atoms. The van der Waals surface area contributed by atoms with E-state index >= 15 is 0 Å². The first-order chi connectivity index (χ1) is 9.48. The highest BCUT2D eigenvalue weighted by Crippen LogP contribution is 2.32. The first-order valence-electron chi connectivity index (χ1n) is 7.33. The molecule has 1 aliphatic rings. The van der Waals surface area contributed by atoms with Crippen LogP contribution in [0.2, 0.25) is 5.02 Å². The van der Waals surface area contributed by atoms with Crippen molar-refractivity contribution < 1.29 is 0 Å². The predicted molar refractivity (Wildman–Crippen MR) is 86.0 cm³/mol. The Morgan fingerprint density at radius 1 is 1.45 bits per heavy atom. The highest BCUT2D eigenvalue weighted by Gasteiger charge is 2.39. The first-order valence-corrected chi connectivity index (χ1v) is 7.71. The fourth-order valence-electron chi connectivity index (χ4n) is 3.15. The van der Waals surface area contributed by atoms with Gasteiger partial charge in [-0.05, 0) is 52.0 Å². The quantitative estimate of drug-likeness (QED) is 0.927. The van der Waals surface area contributed by atoms with E-state index in [1.165, 1.54) is 5.56 Å². The fraction of sp³-hybridized carbons (Fsp3) is 0.625. The van der Waals surface area contributed by atoms with Gasteiger partial charge in [-0.3, -0.25) is 4.90 Å². The summed E-state index contributed by atoms with van der Waals surface area (Å²) < 4.78 is 0. The molecule has 1 aromatic rings. The molecule has 20 heavy (non-hydrogen) atoms. The Bertz CT molecular complexity index is 451. The molecule has 2 N–H and O–H groups in total. The number of nitrogens with two attached hydrogens (primary N) is 1. The lowest BCUT2D eigenvalue weighted by Crippen LogP contribution is -2.59. The summed E-state index contributed by atoms with van der Waals surface area (Å²) in [5.41, 5.74) is 7.41. The number of likely N-dealkylation sites (tertiary alicyclic amines) is 1. The highest BCUT2D eigenvalue weighted by atomic mass is 35.5. The van der Waals surface area contributed by atoms with Crippen LogP contribution < -0.4 is 5.73 Å². The van der Waals surface area contributed by atoms with Crippen LogP contribution in [0.25, 0.3) is 0 Å². The summed E-state index contributed by atoms with van der Waals surface area (Å²) in [5.74, 6) is 0. The van der Waals surface area contributed by atoms with E-state index in [9.17, 15) is 0 Å². The molecule has 0 bridgehead atoms. The molecule has 0 aromatic heterocycles. The van der Waals surface area contributed by atoms with Crippen LogP contribution in [0.3, 0.4) is 0 Å². The average Bonchev–Trinajstić information content (AvgIpc) is 2.44. The summed E-state index contributed by atoms with van der Waals surface area (Å²) in [6.07, 6.45) is 2.23. The Balaban J connectivity index is 2.13. The molecule has 0 radical (unpaired) electrons. The first kappa shape index (κ1) is 15.8. The summed E-state index contributed by atoms with van der Waals surface area (Å²) >= 11 is 6.28. The van der Waals surface area contributed by atoms with Crippen LogP contribution in [-0.2, 0) is 6.54 Å². The summed E-state index contributed by atoms with van der Waals surface area (Å²) in [6, 6.07) is 8.64. The zero-order valence-corrected chi connectivity index (χ0v) is 13.5. The van der Waals surface area contributed by atoms with Crippen LogP contribution >= 0.6 is 11.6 Å². The minimum Gasteiger partial charge on any atom is -0.329 e. The van der Waals surface area contributed by atoms with Crippen molar-refractivity contribution in [1.29, 1.82) is 0 Å². The molecule has 2 rings (SSSR count). The molecule has 112 valence electrons. The van der Waals surface area contributed by atoms with E-state index in [0.717, 1.165) is 31.0 Å². The van der Waals surface area contributed by atoms with E-state index in [1.807, 2.05) is 18.2 Å². The van der Waals surface area contributed by atoms with Gasteiger partial charge in [0.15, 0.2) is 0 Å². The van der Waals surface area contributed by atoms with Crippen LogP contribution in [0, 0.1) is 0 Å². The van der Waals surface area contributed by atoms with Crippen molar-refractivity contribution in [3.63, 3.8) is 0 Å². The lowest BCUT2D eigenvalue weighted by molar-refractivity contribution is 0.0222. The van der Waals surface area contributed by atoms with Crippen molar-refractivity contribution in [3.05, 3.63) is 34.9 Å². The van der Waals surface area contributed by atoms with Crippen LogP contribution in [-0.4, -0.2) is 48.6 Å². The van der Waals surface area contributed by atoms with Crippen LogP contribution in [0.15, 0.2) is 24.3 Å². The van der Waals surface area contributed by atoms with Crippen molar-refractivity contribution in [2.24, 2.45) is 5.73 Å². The van der Waals surface area contributed by atoms with Crippen LogP contribution in [0.4, 0.5) is 0 Å². The second-order valence-corrected chi connectivity index (χ2v) is 6.57. The Morgan fingerprint density at radius 3 is 2.75 bits per heavy atom. The predicted octanol–water partition coefficient (Wildman–Crippen LogP) is 2.58. The molecule has 1 heterocycles. The standard InChI is InChI=1S/C16H26ClN3/c1-13-10-16(12-18,8-9-19(13)2)20(3)11-14-6-4-5-7-15(14)17/h4-7,13H,8-12,18H2,1-3H3. The Morgan fingerprint density at radius 2 is 2.15 bits per heavy atom. The topological polar surface area (TPSA) is 32.5 Å². The number of likely N-dealkylation sites (N-methyl/N-ethyl adjacent to an activating group) is 1. The molecule has 2 unspecified atom stereocenters. The van der Waals surface area contributed by atoms with Gasteiger partial charge in [0.05, 0.1) is 0 Å². The van der Waals surface area contributed by atoms with Crippen molar-refractivity contribution in [3.8, 4) is 0 Å². The number of nitrogens with zero attached hydrogens (tertiary/aromatic N) is 2. The second-order valence-electron chi connectivity index (χ2n) is 6.16. The number of hydrogen-bond acceptors (Lipinski definition) is 3. The fourth-order valence-corrected chi connectivity index (χ4v) is 3.35. The maximum atomic E-state index is 6.28. The molecule has 1 saturated heterocycles. The maximum Gasteiger partial charge on any atom is 0.0451 e. The third-order valence-corrected chi connectivity index (χ3v) is 5.28. The van der Waals surface area contributed by atoms with Gasteiger partial charge in [0, 0.05) is 29.7 Å². The van der Waals surface area contributed by atoms with Gasteiger partial charge in [0.2, 0.25) is 0 Å². The lowest BCUT2D eigenvalue weighted by Gasteiger charge is -2.49. The molecule has 1 fully saturated rings. The number of hydrogen-bond donors (Lipinski definition) is 1. The smallest absolute Gasteiger partial charge is 0.0451 e. The molecule has 3 nitrogen and oxygen atoms in total. The summed E-state index contributed by atoms with van der Waals surface area (Å²) in [7, 11) is 4.37. The van der Waals surface area contributed by atoms with Crippen molar-refractivity contribution in [2.75, 3.05) is 27.2 Å². The van der Waals surface area contributed by atoms with E-state index in [-0.39, 0.29) is 5.54 Å². The SMILES string of the molecule is CC1CC(CN)(N(C)Cc2ccccc2Cl)CCN1C. The van der Waals surface area contributed by atoms with E-state index in [2.05, 4.69) is 36.9 Å². The maximum absolute atomic E-state index is 6.28. The van der Waals surface area contributed by atoms with E-state index < -0.39 is 0 Å². The number of piperidine rings is 1. The van der Waals surface area contributed by atoms with Gasteiger partial charge in [-0.25, -0.2) is 0 Å². The van der Waals surface area contributed by atoms with Crippen molar-refractivity contribution in [1.82, 2.24) is 9.80 Å². The minimum absolute atomic E-state index is 0.0884. The number of rotatable bonds is 4. The number of halogens is 1. The molecule has 0 saturated carbocycles. The Hall–Kier alpha value is -0.610. The molecular formula is C16H26ClN3. The normalized spacial score (nSPS) is 28.0. The molecule has 1 aliphatic heterocycles. The number of benzene rings is 1. The van der Waals surface area contributed by atoms with E-state index in [4.69, 9.17) is 17.3 Å². The molecule has 0 aliphatic carbocycles. The molecular weight excluding hydrogens is 270 g/mol. The minimum atomic E-state index is 0.0884. The molecule has 2 atom stereocenters. The van der Waals surface area contributed by atoms with Crippen LogP contribution in [0.5, 0.6) is 0 Å². The van der Waals surface area contributed by atoms with Crippen molar-refractivity contribution in [2.45, 2.75) is 37.9 Å². The lowest BCUT2D eigenvalue weighted by atomic mass is 9.82. The zero-order chi connectivity index (χ0) is 14.8. The van der Waals surface area contributed by atoms with E-state index in [0.29, 0.717) is 12.6 Å². The van der Waals surface area contributed by atoms with Gasteiger partial charge in [0.25, 0.3) is 0 Å². The monoisotopic (exact) mass is 295 g/mol. The largest absolute Gasteiger partial charge is 0.329 e. The highest BCUT2D eigenvalue weighted by molar-refractivity contribution is 6.31. The van der Waals surface area contributed by atoms with Crippen molar-refractivity contribution >= 4 is 11.6 Å². The average molecular weight is 296 g/mol. The van der Waals surface area contributed by atoms with Crippen LogP contribution in [0.1, 0.15) is 25.3 Å². The van der Waals surface area contributed by atoms with E-state index in [1.54, 1.807) is 0 Å². The Kier molecular flexibility index (Phi) is 5.08. The summed E-state index contributed by atoms with van der Waals surface area (Å²) in [6.45, 7) is 4.94. The third-order valence-electron chi connectivity index (χ3n) is 4.91. The van der Waals surface area contributed by atoms with Gasteiger partial charge < -0.3 is 10.6 Å². The zero-order valence-electron chi connectivity index (χ0n) is 12.8. The van der Waals surface area contributed by atoms with Gasteiger partial charge in [-0.1, -0.05) is 29.8 Å². The molecule has 0 amide bonds. The third kappa shape index (κ3) is 3.17. The second kappa shape index (κ2) is 6.44. The molecule has 4 heteroatoms. The molecule has 1 aromatic carbocycles. The van der Waals surface area contributed by atoms with Gasteiger partial charge in [-0.2, -0.15) is 0 Å². The van der Waals surface area contributed by atoms with Gasteiger partial charge in [-0.15, -0.1) is 0 Å². The Labute approximate surface area is 127 Å². The van der Waals surface area contributed by atoms with Gasteiger partial charge >= 0.3 is 0 Å². The summed E-state index contributed by atoms with van der Waals surface area (Å²) in [4.78, 5) is 4.81. The van der Waals surface area contributed by atoms with Gasteiger partial charge in [0.1, 0.15) is 0 Å². The summed E-state index contributed by atoms with van der Waals surface area (Å²) in [5, 5.41) is 0.840.